The Bertz CT molecular complexity index is 1290. The lowest BCUT2D eigenvalue weighted by Crippen LogP contribution is -2.53. The summed E-state index contributed by atoms with van der Waals surface area (Å²) in [6, 6.07) is 9.81. The number of urea groups is 1. The molecule has 12 heteroatoms. The number of likely N-dealkylation sites (N-methyl/N-ethyl adjacent to an activating group) is 1. The van der Waals surface area contributed by atoms with Crippen molar-refractivity contribution in [2.45, 2.75) is 26.1 Å². The molecule has 2 aliphatic rings. The molecule has 2 aromatic carbocycles. The van der Waals surface area contributed by atoms with Crippen LogP contribution >= 0.6 is 0 Å². The fraction of sp³-hybridized carbons (Fsp3) is 0.414. The molecule has 2 aromatic rings. The minimum atomic E-state index is -4.52. The summed E-state index contributed by atoms with van der Waals surface area (Å²) >= 11 is 0. The first-order chi connectivity index (χ1) is 19.6. The molecule has 0 bridgehead atoms. The lowest BCUT2D eigenvalue weighted by Gasteiger charge is -2.40. The van der Waals surface area contributed by atoms with Gasteiger partial charge < -0.3 is 19.7 Å². The average molecular weight is 575 g/mol. The van der Waals surface area contributed by atoms with E-state index in [-0.39, 0.29) is 31.2 Å². The summed E-state index contributed by atoms with van der Waals surface area (Å²) in [6.07, 6.45) is -4.52. The summed E-state index contributed by atoms with van der Waals surface area (Å²) in [5, 5.41) is 2.76. The number of benzene rings is 2. The minimum absolute atomic E-state index is 0.0849. The molecule has 0 saturated carbocycles. The smallest absolute Gasteiger partial charge is 0.416 e. The van der Waals surface area contributed by atoms with Crippen LogP contribution in [0.5, 0.6) is 5.75 Å². The van der Waals surface area contributed by atoms with Gasteiger partial charge in [-0.15, -0.1) is 0 Å². The van der Waals surface area contributed by atoms with Crippen molar-refractivity contribution in [1.82, 2.24) is 20.0 Å². The molecule has 3 amide bonds. The van der Waals surface area contributed by atoms with E-state index in [1.54, 1.807) is 50.1 Å². The summed E-state index contributed by atoms with van der Waals surface area (Å²) in [6.45, 7) is 5.85. The van der Waals surface area contributed by atoms with Crippen LogP contribution in [0, 0.1) is 0 Å². The number of carbonyl (C=O) groups is 3. The van der Waals surface area contributed by atoms with Gasteiger partial charge in [0.2, 0.25) is 0 Å². The third kappa shape index (κ3) is 6.64. The van der Waals surface area contributed by atoms with E-state index in [4.69, 9.17) is 9.47 Å². The standard InChI is InChI=1S/C29H33F3N4O5/c1-4-36-23(18-34-14-16-35(17-15-34)26(37)20-8-12-22(40-3)13-9-20)24(27(38)41-5-2)25(33-28(36)39)19-6-10-21(11-7-19)29(30,31)32/h6-13,25H,4-5,14-18H2,1-3H3,(H,33,39)/t25-/m0/s1. The van der Waals surface area contributed by atoms with Crippen LogP contribution in [0.2, 0.25) is 0 Å². The predicted octanol–water partition coefficient (Wildman–Crippen LogP) is 4.08. The molecule has 1 N–H and O–H groups in total. The topological polar surface area (TPSA) is 91.4 Å². The maximum atomic E-state index is 13.3. The quantitative estimate of drug-likeness (QED) is 0.478. The Morgan fingerprint density at radius 2 is 1.61 bits per heavy atom. The van der Waals surface area contributed by atoms with E-state index in [9.17, 15) is 27.6 Å². The van der Waals surface area contributed by atoms with E-state index >= 15 is 0 Å². The summed E-state index contributed by atoms with van der Waals surface area (Å²) in [5.74, 6) is -0.101. The highest BCUT2D eigenvalue weighted by atomic mass is 19.4. The number of esters is 1. The minimum Gasteiger partial charge on any atom is -0.497 e. The third-order valence-electron chi connectivity index (χ3n) is 7.19. The molecule has 4 rings (SSSR count). The van der Waals surface area contributed by atoms with Crippen molar-refractivity contribution in [1.29, 1.82) is 0 Å². The molecular formula is C29H33F3N4O5. The fourth-order valence-electron chi connectivity index (χ4n) is 5.01. The second-order valence-corrected chi connectivity index (χ2v) is 9.62. The number of piperazine rings is 1. The van der Waals surface area contributed by atoms with Crippen LogP contribution in [0.15, 0.2) is 59.8 Å². The van der Waals surface area contributed by atoms with Gasteiger partial charge in [0.15, 0.2) is 0 Å². The zero-order valence-electron chi connectivity index (χ0n) is 23.2. The van der Waals surface area contributed by atoms with E-state index in [2.05, 4.69) is 5.32 Å². The molecule has 0 radical (unpaired) electrons. The van der Waals surface area contributed by atoms with E-state index in [0.717, 1.165) is 12.1 Å². The van der Waals surface area contributed by atoms with Crippen molar-refractivity contribution < 1.29 is 37.0 Å². The first-order valence-electron chi connectivity index (χ1n) is 13.4. The van der Waals surface area contributed by atoms with Crippen LogP contribution < -0.4 is 10.1 Å². The number of hydrogen-bond acceptors (Lipinski definition) is 6. The first kappa shape index (κ1) is 29.9. The van der Waals surface area contributed by atoms with Crippen molar-refractivity contribution in [3.05, 3.63) is 76.5 Å². The number of hydrogen-bond donors (Lipinski definition) is 1. The number of nitrogens with zero attached hydrogens (tertiary/aromatic N) is 3. The maximum Gasteiger partial charge on any atom is 0.416 e. The van der Waals surface area contributed by atoms with E-state index in [0.29, 0.717) is 48.8 Å². The largest absolute Gasteiger partial charge is 0.497 e. The van der Waals surface area contributed by atoms with Crippen LogP contribution in [0.1, 0.15) is 41.4 Å². The maximum absolute atomic E-state index is 13.3. The second-order valence-electron chi connectivity index (χ2n) is 9.62. The fourth-order valence-corrected chi connectivity index (χ4v) is 5.01. The highest BCUT2D eigenvalue weighted by Crippen LogP contribution is 2.35. The van der Waals surface area contributed by atoms with Gasteiger partial charge in [0.05, 0.1) is 30.9 Å². The molecule has 0 spiro atoms. The molecule has 1 atom stereocenters. The first-order valence-corrected chi connectivity index (χ1v) is 13.4. The number of amides is 3. The highest BCUT2D eigenvalue weighted by molar-refractivity contribution is 5.95. The molecule has 0 aliphatic carbocycles. The lowest BCUT2D eigenvalue weighted by atomic mass is 9.93. The van der Waals surface area contributed by atoms with Crippen molar-refractivity contribution in [2.24, 2.45) is 0 Å². The average Bonchev–Trinajstić information content (AvgIpc) is 2.97. The third-order valence-corrected chi connectivity index (χ3v) is 7.19. The zero-order valence-corrected chi connectivity index (χ0v) is 23.2. The van der Waals surface area contributed by atoms with Crippen LogP contribution in [-0.2, 0) is 15.7 Å². The molecular weight excluding hydrogens is 541 g/mol. The number of rotatable bonds is 8. The molecule has 41 heavy (non-hydrogen) atoms. The number of alkyl halides is 3. The van der Waals surface area contributed by atoms with Gasteiger partial charge in [-0.3, -0.25) is 14.6 Å². The Labute approximate surface area is 236 Å². The highest BCUT2D eigenvalue weighted by Gasteiger charge is 2.39. The van der Waals surface area contributed by atoms with Gasteiger partial charge >= 0.3 is 18.2 Å². The number of halogens is 3. The van der Waals surface area contributed by atoms with Gasteiger partial charge in [0.25, 0.3) is 5.91 Å². The van der Waals surface area contributed by atoms with Crippen molar-refractivity contribution in [3.63, 3.8) is 0 Å². The van der Waals surface area contributed by atoms with Gasteiger partial charge in [-0.1, -0.05) is 12.1 Å². The normalized spacial score (nSPS) is 18.3. The number of nitrogens with one attached hydrogen (secondary N) is 1. The summed E-state index contributed by atoms with van der Waals surface area (Å²) in [5.41, 5.74) is 0.645. The molecule has 1 saturated heterocycles. The Kier molecular flexibility index (Phi) is 9.21. The van der Waals surface area contributed by atoms with E-state index < -0.39 is 29.8 Å². The molecule has 9 nitrogen and oxygen atoms in total. The summed E-state index contributed by atoms with van der Waals surface area (Å²) in [4.78, 5) is 44.6. The van der Waals surface area contributed by atoms with Crippen molar-refractivity contribution in [2.75, 3.05) is 53.0 Å². The molecule has 220 valence electrons. The van der Waals surface area contributed by atoms with Crippen LogP contribution in [-0.4, -0.2) is 85.6 Å². The SMILES string of the molecule is CCOC(=O)C1=C(CN2CCN(C(=O)c3ccc(OC)cc3)CC2)N(CC)C(=O)N[C@H]1c1ccc(C(F)(F)F)cc1. The lowest BCUT2D eigenvalue weighted by molar-refractivity contribution is -0.139. The predicted molar refractivity (Wildman–Crippen MR) is 144 cm³/mol. The Morgan fingerprint density at radius 3 is 2.15 bits per heavy atom. The summed E-state index contributed by atoms with van der Waals surface area (Å²) in [7, 11) is 1.56. The molecule has 0 aromatic heterocycles. The van der Waals surface area contributed by atoms with Crippen LogP contribution in [0.25, 0.3) is 0 Å². The monoisotopic (exact) mass is 574 g/mol. The van der Waals surface area contributed by atoms with Gasteiger partial charge in [0.1, 0.15) is 5.75 Å². The number of carbonyl (C=O) groups excluding carboxylic acids is 3. The summed E-state index contributed by atoms with van der Waals surface area (Å²) < 4.78 is 50.0. The van der Waals surface area contributed by atoms with Gasteiger partial charge in [-0.05, 0) is 55.8 Å². The second kappa shape index (κ2) is 12.6. The number of ether oxygens (including phenoxy) is 2. The van der Waals surface area contributed by atoms with Crippen LogP contribution in [0.4, 0.5) is 18.0 Å². The Hall–Kier alpha value is -4.06. The molecule has 2 heterocycles. The Balaban J connectivity index is 1.58. The number of methoxy groups -OCH3 is 1. The molecule has 1 fully saturated rings. The van der Waals surface area contributed by atoms with Crippen LogP contribution in [0.3, 0.4) is 0 Å². The Morgan fingerprint density at radius 1 is 0.976 bits per heavy atom. The zero-order chi connectivity index (χ0) is 29.7. The molecule has 2 aliphatic heterocycles. The van der Waals surface area contributed by atoms with E-state index in [1.165, 1.54) is 17.0 Å². The van der Waals surface area contributed by atoms with E-state index in [1.807, 2.05) is 4.90 Å². The van der Waals surface area contributed by atoms with Gasteiger partial charge in [0, 0.05) is 50.5 Å². The van der Waals surface area contributed by atoms with Crippen molar-refractivity contribution >= 4 is 17.9 Å². The van der Waals surface area contributed by atoms with Gasteiger partial charge in [-0.25, -0.2) is 9.59 Å². The molecule has 0 unspecified atom stereocenters. The van der Waals surface area contributed by atoms with Crippen molar-refractivity contribution in [3.8, 4) is 5.75 Å². The van der Waals surface area contributed by atoms with Gasteiger partial charge in [-0.2, -0.15) is 13.2 Å².